The van der Waals surface area contributed by atoms with Gasteiger partial charge >= 0.3 is 0 Å². The Morgan fingerprint density at radius 2 is 1.94 bits per heavy atom. The minimum absolute atomic E-state index is 0.129. The SMILES string of the molecule is CCC(C)CN(C)Cc1ccc(C(=N)N)cc1. The molecule has 0 spiro atoms. The average Bonchev–Trinajstić information content (AvgIpc) is 2.29. The number of nitrogen functional groups attached to an aromatic ring is 1. The van der Waals surface area contributed by atoms with E-state index in [2.05, 4.69) is 25.8 Å². The number of nitrogens with zero attached hydrogens (tertiary/aromatic N) is 1. The number of nitrogens with two attached hydrogens (primary N) is 1. The van der Waals surface area contributed by atoms with Crippen LogP contribution in [0.2, 0.25) is 0 Å². The van der Waals surface area contributed by atoms with E-state index in [-0.39, 0.29) is 5.84 Å². The molecule has 94 valence electrons. The van der Waals surface area contributed by atoms with E-state index in [1.54, 1.807) is 0 Å². The molecule has 3 heteroatoms. The van der Waals surface area contributed by atoms with Gasteiger partial charge in [-0.1, -0.05) is 44.5 Å². The smallest absolute Gasteiger partial charge is 0.122 e. The summed E-state index contributed by atoms with van der Waals surface area (Å²) in [6.45, 7) is 6.56. The number of benzene rings is 1. The van der Waals surface area contributed by atoms with E-state index in [4.69, 9.17) is 11.1 Å². The molecule has 0 aliphatic carbocycles. The van der Waals surface area contributed by atoms with Crippen LogP contribution in [0.5, 0.6) is 0 Å². The molecule has 3 nitrogen and oxygen atoms in total. The first kappa shape index (κ1) is 13.7. The Morgan fingerprint density at radius 1 is 1.35 bits per heavy atom. The van der Waals surface area contributed by atoms with E-state index >= 15 is 0 Å². The van der Waals surface area contributed by atoms with Crippen LogP contribution in [0.3, 0.4) is 0 Å². The standard InChI is InChI=1S/C14H23N3/c1-4-11(2)9-17(3)10-12-5-7-13(8-6-12)14(15)16/h5-8,11H,4,9-10H2,1-3H3,(H3,15,16). The van der Waals surface area contributed by atoms with Crippen molar-refractivity contribution in [3.05, 3.63) is 35.4 Å². The zero-order valence-corrected chi connectivity index (χ0v) is 11.0. The van der Waals surface area contributed by atoms with Crippen LogP contribution in [0, 0.1) is 11.3 Å². The monoisotopic (exact) mass is 233 g/mol. The lowest BCUT2D eigenvalue weighted by Crippen LogP contribution is -2.23. The van der Waals surface area contributed by atoms with Crippen molar-refractivity contribution in [2.45, 2.75) is 26.8 Å². The molecule has 0 bridgehead atoms. The Bertz CT molecular complexity index is 356. The topological polar surface area (TPSA) is 53.1 Å². The summed E-state index contributed by atoms with van der Waals surface area (Å²) in [5.74, 6) is 0.862. The number of amidine groups is 1. The van der Waals surface area contributed by atoms with Crippen LogP contribution >= 0.6 is 0 Å². The van der Waals surface area contributed by atoms with Crippen molar-refractivity contribution in [3.63, 3.8) is 0 Å². The zero-order chi connectivity index (χ0) is 12.8. The average molecular weight is 233 g/mol. The molecule has 0 fully saturated rings. The lowest BCUT2D eigenvalue weighted by Gasteiger charge is -2.20. The normalized spacial score (nSPS) is 12.7. The van der Waals surface area contributed by atoms with Gasteiger partial charge in [-0.15, -0.1) is 0 Å². The zero-order valence-electron chi connectivity index (χ0n) is 11.0. The highest BCUT2D eigenvalue weighted by molar-refractivity contribution is 5.94. The summed E-state index contributed by atoms with van der Waals surface area (Å²) < 4.78 is 0. The maximum Gasteiger partial charge on any atom is 0.122 e. The van der Waals surface area contributed by atoms with E-state index in [0.29, 0.717) is 0 Å². The number of hydrogen-bond donors (Lipinski definition) is 2. The highest BCUT2D eigenvalue weighted by atomic mass is 15.1. The minimum atomic E-state index is 0.129. The second-order valence-corrected chi connectivity index (χ2v) is 4.82. The quantitative estimate of drug-likeness (QED) is 0.586. The second kappa shape index (κ2) is 6.40. The fraction of sp³-hybridized carbons (Fsp3) is 0.500. The Hall–Kier alpha value is -1.35. The molecule has 0 aromatic heterocycles. The molecule has 0 aliphatic heterocycles. The summed E-state index contributed by atoms with van der Waals surface area (Å²) in [5.41, 5.74) is 7.48. The van der Waals surface area contributed by atoms with E-state index < -0.39 is 0 Å². The van der Waals surface area contributed by atoms with E-state index in [1.165, 1.54) is 12.0 Å². The van der Waals surface area contributed by atoms with E-state index in [0.717, 1.165) is 24.6 Å². The number of rotatable bonds is 6. The molecule has 17 heavy (non-hydrogen) atoms. The van der Waals surface area contributed by atoms with Crippen molar-refractivity contribution in [2.24, 2.45) is 11.7 Å². The van der Waals surface area contributed by atoms with Crippen LogP contribution in [0.15, 0.2) is 24.3 Å². The van der Waals surface area contributed by atoms with Gasteiger partial charge in [0, 0.05) is 18.7 Å². The predicted octanol–water partition coefficient (Wildman–Crippen LogP) is 2.45. The lowest BCUT2D eigenvalue weighted by molar-refractivity contribution is 0.275. The van der Waals surface area contributed by atoms with Crippen LogP contribution in [0.1, 0.15) is 31.4 Å². The maximum atomic E-state index is 7.33. The van der Waals surface area contributed by atoms with Gasteiger partial charge in [-0.2, -0.15) is 0 Å². The molecule has 1 atom stereocenters. The molecule has 0 radical (unpaired) electrons. The third-order valence-corrected chi connectivity index (χ3v) is 3.04. The predicted molar refractivity (Wildman–Crippen MR) is 73.2 cm³/mol. The summed E-state index contributed by atoms with van der Waals surface area (Å²) in [5, 5.41) is 7.33. The third kappa shape index (κ3) is 4.57. The Kier molecular flexibility index (Phi) is 5.16. The fourth-order valence-electron chi connectivity index (χ4n) is 1.83. The van der Waals surface area contributed by atoms with Gasteiger partial charge in [-0.25, -0.2) is 0 Å². The molecule has 0 heterocycles. The van der Waals surface area contributed by atoms with Crippen molar-refractivity contribution in [1.82, 2.24) is 4.90 Å². The highest BCUT2D eigenvalue weighted by Gasteiger charge is 2.05. The van der Waals surface area contributed by atoms with Crippen molar-refractivity contribution in [3.8, 4) is 0 Å². The Labute approximate surface area is 104 Å². The molecule has 0 aliphatic rings. The molecular formula is C14H23N3. The molecule has 0 amide bonds. The van der Waals surface area contributed by atoms with Gasteiger partial charge < -0.3 is 10.6 Å². The van der Waals surface area contributed by atoms with Gasteiger partial charge in [0.25, 0.3) is 0 Å². The van der Waals surface area contributed by atoms with Gasteiger partial charge in [0.1, 0.15) is 5.84 Å². The molecule has 1 unspecified atom stereocenters. The molecule has 1 rings (SSSR count). The summed E-state index contributed by atoms with van der Waals surface area (Å²) in [6.07, 6.45) is 1.22. The van der Waals surface area contributed by atoms with Crippen molar-refractivity contribution in [2.75, 3.05) is 13.6 Å². The molecule has 1 aromatic rings. The molecule has 1 aromatic carbocycles. The first-order valence-electron chi connectivity index (χ1n) is 6.14. The van der Waals surface area contributed by atoms with Gasteiger partial charge in [-0.3, -0.25) is 5.41 Å². The molecule has 0 saturated heterocycles. The van der Waals surface area contributed by atoms with Crippen LogP contribution in [0.4, 0.5) is 0 Å². The van der Waals surface area contributed by atoms with Crippen LogP contribution in [0.25, 0.3) is 0 Å². The Morgan fingerprint density at radius 3 is 2.41 bits per heavy atom. The van der Waals surface area contributed by atoms with Crippen LogP contribution < -0.4 is 5.73 Å². The highest BCUT2D eigenvalue weighted by Crippen LogP contribution is 2.09. The number of nitrogens with one attached hydrogen (secondary N) is 1. The maximum absolute atomic E-state index is 7.33. The van der Waals surface area contributed by atoms with Crippen LogP contribution in [-0.4, -0.2) is 24.3 Å². The fourth-order valence-corrected chi connectivity index (χ4v) is 1.83. The van der Waals surface area contributed by atoms with Crippen molar-refractivity contribution >= 4 is 5.84 Å². The second-order valence-electron chi connectivity index (χ2n) is 4.82. The molecular weight excluding hydrogens is 210 g/mol. The summed E-state index contributed by atoms with van der Waals surface area (Å²) in [7, 11) is 2.14. The van der Waals surface area contributed by atoms with E-state index in [1.807, 2.05) is 24.3 Å². The first-order valence-corrected chi connectivity index (χ1v) is 6.14. The van der Waals surface area contributed by atoms with Gasteiger partial charge in [0.2, 0.25) is 0 Å². The van der Waals surface area contributed by atoms with E-state index in [9.17, 15) is 0 Å². The largest absolute Gasteiger partial charge is 0.384 e. The summed E-state index contributed by atoms with van der Waals surface area (Å²) in [4.78, 5) is 2.33. The summed E-state index contributed by atoms with van der Waals surface area (Å²) >= 11 is 0. The third-order valence-electron chi connectivity index (χ3n) is 3.04. The van der Waals surface area contributed by atoms with Crippen molar-refractivity contribution < 1.29 is 0 Å². The minimum Gasteiger partial charge on any atom is -0.384 e. The Balaban J connectivity index is 2.54. The van der Waals surface area contributed by atoms with Gasteiger partial charge in [0.05, 0.1) is 0 Å². The van der Waals surface area contributed by atoms with Gasteiger partial charge in [-0.05, 0) is 18.5 Å². The van der Waals surface area contributed by atoms with Gasteiger partial charge in [0.15, 0.2) is 0 Å². The summed E-state index contributed by atoms with van der Waals surface area (Å²) in [6, 6.07) is 7.91. The number of hydrogen-bond acceptors (Lipinski definition) is 2. The first-order chi connectivity index (χ1) is 8.02. The van der Waals surface area contributed by atoms with Crippen molar-refractivity contribution in [1.29, 1.82) is 5.41 Å². The molecule has 0 saturated carbocycles. The lowest BCUT2D eigenvalue weighted by atomic mass is 10.1. The van der Waals surface area contributed by atoms with Crippen LogP contribution in [-0.2, 0) is 6.54 Å². The molecule has 3 N–H and O–H groups in total.